The smallest absolute Gasteiger partial charge is 0.0925 e. The van der Waals surface area contributed by atoms with Crippen LogP contribution in [0.1, 0.15) is 11.4 Å². The zero-order valence-corrected chi connectivity index (χ0v) is 5.65. The van der Waals surface area contributed by atoms with Crippen molar-refractivity contribution in [2.75, 3.05) is 6.54 Å². The molecule has 3 nitrogen and oxygen atoms in total. The highest BCUT2D eigenvalue weighted by Gasteiger charge is 1.97. The Morgan fingerprint density at radius 2 is 2.56 bits per heavy atom. The first kappa shape index (κ1) is 6.29. The Morgan fingerprint density at radius 1 is 1.78 bits per heavy atom. The van der Waals surface area contributed by atoms with Gasteiger partial charge < -0.3 is 10.7 Å². The maximum atomic E-state index is 4.11. The van der Waals surface area contributed by atoms with Crippen molar-refractivity contribution in [3.8, 4) is 0 Å². The highest BCUT2D eigenvalue weighted by Crippen LogP contribution is 1.98. The lowest BCUT2D eigenvalue weighted by Gasteiger charge is -1.89. The lowest BCUT2D eigenvalue weighted by molar-refractivity contribution is -0.366. The Morgan fingerprint density at radius 3 is 3.00 bits per heavy atom. The van der Waals surface area contributed by atoms with Crippen LogP contribution in [0, 0.1) is 6.92 Å². The van der Waals surface area contributed by atoms with E-state index in [1.54, 1.807) is 6.33 Å². The van der Waals surface area contributed by atoms with Gasteiger partial charge in [-0.25, -0.2) is 4.98 Å². The highest BCUT2D eigenvalue weighted by molar-refractivity contribution is 5.08. The Balaban J connectivity index is 2.69. The number of hydrogen-bond donors (Lipinski definition) is 2. The summed E-state index contributed by atoms with van der Waals surface area (Å²) < 4.78 is 0. The van der Waals surface area contributed by atoms with Crippen LogP contribution >= 0.6 is 0 Å². The molecule has 1 aromatic heterocycles. The van der Waals surface area contributed by atoms with Gasteiger partial charge in [-0.3, -0.25) is 0 Å². The number of nitrogens with zero attached hydrogens (tertiary/aromatic N) is 1. The van der Waals surface area contributed by atoms with E-state index in [1.165, 1.54) is 5.69 Å². The maximum absolute atomic E-state index is 4.11. The first-order chi connectivity index (χ1) is 4.34. The molecule has 0 aliphatic rings. The average Bonchev–Trinajstić information content (AvgIpc) is 2.18. The first-order valence-electron chi connectivity index (χ1n) is 3.12. The van der Waals surface area contributed by atoms with Gasteiger partial charge >= 0.3 is 0 Å². The second kappa shape index (κ2) is 2.64. The lowest BCUT2D eigenvalue weighted by Crippen LogP contribution is -2.51. The average molecular weight is 126 g/mol. The zero-order valence-electron chi connectivity index (χ0n) is 5.65. The largest absolute Gasteiger partial charge is 0.357 e. The minimum Gasteiger partial charge on any atom is -0.357 e. The summed E-state index contributed by atoms with van der Waals surface area (Å²) in [6, 6.07) is 0. The van der Waals surface area contributed by atoms with Gasteiger partial charge in [0, 0.05) is 12.1 Å². The van der Waals surface area contributed by atoms with Crippen LogP contribution in [0.5, 0.6) is 0 Å². The van der Waals surface area contributed by atoms with Gasteiger partial charge in [-0.1, -0.05) is 0 Å². The van der Waals surface area contributed by atoms with E-state index < -0.39 is 0 Å². The van der Waals surface area contributed by atoms with Gasteiger partial charge in [0.15, 0.2) is 0 Å². The number of hydrogen-bond acceptors (Lipinski definition) is 1. The summed E-state index contributed by atoms with van der Waals surface area (Å²) in [6.45, 7) is 2.95. The van der Waals surface area contributed by atoms with E-state index in [2.05, 4.69) is 15.7 Å². The standard InChI is InChI=1S/C6H11N3/c1-5-6(2-3-7)9-4-8-5/h4H,2-3,7H2,1H3,(H,8,9)/p+1. The van der Waals surface area contributed by atoms with E-state index in [9.17, 15) is 0 Å². The van der Waals surface area contributed by atoms with Crippen molar-refractivity contribution in [1.29, 1.82) is 0 Å². The second-order valence-corrected chi connectivity index (χ2v) is 2.08. The van der Waals surface area contributed by atoms with Gasteiger partial charge in [-0.2, -0.15) is 0 Å². The van der Waals surface area contributed by atoms with Crippen molar-refractivity contribution in [2.45, 2.75) is 13.3 Å². The monoisotopic (exact) mass is 126 g/mol. The number of rotatable bonds is 2. The molecule has 0 aliphatic heterocycles. The molecule has 0 atom stereocenters. The van der Waals surface area contributed by atoms with Crippen LogP contribution in [0.3, 0.4) is 0 Å². The van der Waals surface area contributed by atoms with Crippen LogP contribution in [0.15, 0.2) is 6.33 Å². The Labute approximate surface area is 54.3 Å². The molecular formula is C6H12N3+. The molecule has 0 spiro atoms. The molecule has 0 amide bonds. The van der Waals surface area contributed by atoms with Crippen LogP contribution in [0.25, 0.3) is 0 Å². The van der Waals surface area contributed by atoms with Gasteiger partial charge in [-0.05, 0) is 6.92 Å². The number of nitrogens with one attached hydrogen (secondary N) is 1. The van der Waals surface area contributed by atoms with Gasteiger partial charge in [-0.15, -0.1) is 0 Å². The second-order valence-electron chi connectivity index (χ2n) is 2.08. The number of aryl methyl sites for hydroxylation is 1. The van der Waals surface area contributed by atoms with Gasteiger partial charge in [0.1, 0.15) is 0 Å². The van der Waals surface area contributed by atoms with Gasteiger partial charge in [0.05, 0.1) is 18.6 Å². The van der Waals surface area contributed by atoms with E-state index in [-0.39, 0.29) is 0 Å². The molecule has 1 rings (SSSR count). The number of aromatic nitrogens is 2. The third-order valence-electron chi connectivity index (χ3n) is 1.35. The van der Waals surface area contributed by atoms with E-state index >= 15 is 0 Å². The summed E-state index contributed by atoms with van der Waals surface area (Å²) in [5, 5.41) is 0. The van der Waals surface area contributed by atoms with E-state index in [4.69, 9.17) is 0 Å². The lowest BCUT2D eigenvalue weighted by atomic mass is 10.3. The fourth-order valence-electron chi connectivity index (χ4n) is 0.807. The quantitative estimate of drug-likeness (QED) is 0.551. The van der Waals surface area contributed by atoms with E-state index in [1.807, 2.05) is 6.92 Å². The highest BCUT2D eigenvalue weighted by atomic mass is 14.9. The minimum absolute atomic E-state index is 0.922. The third-order valence-corrected chi connectivity index (χ3v) is 1.35. The molecule has 1 heterocycles. The molecular weight excluding hydrogens is 114 g/mol. The van der Waals surface area contributed by atoms with E-state index in [0.29, 0.717) is 0 Å². The summed E-state index contributed by atoms with van der Waals surface area (Å²) in [7, 11) is 0. The fourth-order valence-corrected chi connectivity index (χ4v) is 0.807. The van der Waals surface area contributed by atoms with Crippen molar-refractivity contribution in [3.05, 3.63) is 17.7 Å². The Kier molecular flexibility index (Phi) is 1.85. The third kappa shape index (κ3) is 1.29. The Hall–Kier alpha value is -0.830. The molecule has 0 bridgehead atoms. The number of aromatic amines is 1. The van der Waals surface area contributed by atoms with Crippen LogP contribution in [0.4, 0.5) is 0 Å². The van der Waals surface area contributed by atoms with Crippen molar-refractivity contribution in [1.82, 2.24) is 9.97 Å². The van der Waals surface area contributed by atoms with Gasteiger partial charge in [0.2, 0.25) is 0 Å². The van der Waals surface area contributed by atoms with E-state index in [0.717, 1.165) is 18.7 Å². The molecule has 3 heteroatoms. The SMILES string of the molecule is Cc1[nH]cnc1CC[NH3+]. The summed E-state index contributed by atoms with van der Waals surface area (Å²) in [6.07, 6.45) is 2.70. The minimum atomic E-state index is 0.922. The maximum Gasteiger partial charge on any atom is 0.0925 e. The molecule has 0 saturated heterocycles. The van der Waals surface area contributed by atoms with Crippen molar-refractivity contribution >= 4 is 0 Å². The summed E-state index contributed by atoms with van der Waals surface area (Å²) >= 11 is 0. The number of imidazole rings is 1. The normalized spacial score (nSPS) is 10.0. The van der Waals surface area contributed by atoms with Crippen molar-refractivity contribution < 1.29 is 5.73 Å². The zero-order chi connectivity index (χ0) is 6.69. The van der Waals surface area contributed by atoms with Gasteiger partial charge in [0.25, 0.3) is 0 Å². The summed E-state index contributed by atoms with van der Waals surface area (Å²) in [5.74, 6) is 0. The molecule has 9 heavy (non-hydrogen) atoms. The molecule has 50 valence electrons. The Bertz CT molecular complexity index is 180. The van der Waals surface area contributed by atoms with Crippen LogP contribution in [0.2, 0.25) is 0 Å². The topological polar surface area (TPSA) is 56.3 Å². The van der Waals surface area contributed by atoms with Crippen molar-refractivity contribution in [3.63, 3.8) is 0 Å². The summed E-state index contributed by atoms with van der Waals surface area (Å²) in [5.41, 5.74) is 6.06. The molecule has 0 saturated carbocycles. The predicted molar refractivity (Wildman–Crippen MR) is 34.8 cm³/mol. The number of quaternary nitrogens is 1. The first-order valence-corrected chi connectivity index (χ1v) is 3.12. The van der Waals surface area contributed by atoms with Crippen molar-refractivity contribution in [2.24, 2.45) is 0 Å². The molecule has 1 aromatic rings. The molecule has 0 fully saturated rings. The molecule has 0 radical (unpaired) electrons. The van der Waals surface area contributed by atoms with Crippen LogP contribution in [-0.4, -0.2) is 16.5 Å². The number of H-pyrrole nitrogens is 1. The summed E-state index contributed by atoms with van der Waals surface area (Å²) in [4.78, 5) is 7.12. The van der Waals surface area contributed by atoms with Crippen LogP contribution < -0.4 is 5.73 Å². The molecule has 4 N–H and O–H groups in total. The predicted octanol–water partition coefficient (Wildman–Crippen LogP) is -0.497. The fraction of sp³-hybridized carbons (Fsp3) is 0.500. The molecule has 0 aliphatic carbocycles. The van der Waals surface area contributed by atoms with Crippen LogP contribution in [-0.2, 0) is 6.42 Å². The molecule has 0 aromatic carbocycles. The molecule has 0 unspecified atom stereocenters.